The maximum absolute atomic E-state index is 12.5. The minimum absolute atomic E-state index is 0.174. The van der Waals surface area contributed by atoms with E-state index in [-0.39, 0.29) is 17.2 Å². The Bertz CT molecular complexity index is 370. The zero-order valence-electron chi connectivity index (χ0n) is 14.4. The van der Waals surface area contributed by atoms with E-state index in [0.717, 1.165) is 65.3 Å². The maximum Gasteiger partial charge on any atom is 0.224 e. The summed E-state index contributed by atoms with van der Waals surface area (Å²) in [7, 11) is 0. The molecule has 3 fully saturated rings. The van der Waals surface area contributed by atoms with Crippen LogP contribution in [0, 0.1) is 11.3 Å². The molecular formula is C18H33N3O2. The third-order valence-corrected chi connectivity index (χ3v) is 5.88. The number of hydrogen-bond donors (Lipinski definition) is 2. The van der Waals surface area contributed by atoms with Gasteiger partial charge in [-0.1, -0.05) is 19.3 Å². The molecule has 0 bridgehead atoms. The predicted octanol–water partition coefficient (Wildman–Crippen LogP) is 1.38. The van der Waals surface area contributed by atoms with Crippen molar-refractivity contribution in [3.8, 4) is 0 Å². The van der Waals surface area contributed by atoms with Crippen molar-refractivity contribution in [2.75, 3.05) is 52.5 Å². The minimum atomic E-state index is 0.174. The molecule has 23 heavy (non-hydrogen) atoms. The van der Waals surface area contributed by atoms with Crippen LogP contribution in [-0.4, -0.2) is 63.3 Å². The van der Waals surface area contributed by atoms with E-state index in [1.54, 1.807) is 0 Å². The predicted molar refractivity (Wildman–Crippen MR) is 91.4 cm³/mol. The van der Waals surface area contributed by atoms with Crippen LogP contribution in [-0.2, 0) is 9.53 Å². The molecule has 3 aliphatic rings. The van der Waals surface area contributed by atoms with Crippen molar-refractivity contribution in [2.45, 2.75) is 44.9 Å². The van der Waals surface area contributed by atoms with Gasteiger partial charge in [0.25, 0.3) is 0 Å². The lowest BCUT2D eigenvalue weighted by Gasteiger charge is -2.42. The lowest BCUT2D eigenvalue weighted by Crippen LogP contribution is -2.51. The van der Waals surface area contributed by atoms with Crippen molar-refractivity contribution in [3.05, 3.63) is 0 Å². The van der Waals surface area contributed by atoms with Crippen molar-refractivity contribution >= 4 is 5.91 Å². The van der Waals surface area contributed by atoms with Crippen LogP contribution in [0.2, 0.25) is 0 Å². The number of carbonyl (C=O) groups excluding carboxylic acids is 1. The molecule has 132 valence electrons. The van der Waals surface area contributed by atoms with Crippen LogP contribution in [0.1, 0.15) is 44.9 Å². The first kappa shape index (κ1) is 17.2. The van der Waals surface area contributed by atoms with E-state index in [1.807, 2.05) is 0 Å². The Morgan fingerprint density at radius 3 is 2.65 bits per heavy atom. The van der Waals surface area contributed by atoms with Crippen LogP contribution in [0.15, 0.2) is 0 Å². The van der Waals surface area contributed by atoms with Crippen molar-refractivity contribution in [1.29, 1.82) is 0 Å². The van der Waals surface area contributed by atoms with Gasteiger partial charge < -0.3 is 15.4 Å². The van der Waals surface area contributed by atoms with Crippen molar-refractivity contribution in [3.63, 3.8) is 0 Å². The van der Waals surface area contributed by atoms with Gasteiger partial charge in [-0.15, -0.1) is 0 Å². The Balaban J connectivity index is 1.53. The number of hydrogen-bond acceptors (Lipinski definition) is 4. The molecule has 0 aromatic heterocycles. The summed E-state index contributed by atoms with van der Waals surface area (Å²) in [5, 5.41) is 6.66. The molecule has 2 heterocycles. The van der Waals surface area contributed by atoms with Gasteiger partial charge in [0.2, 0.25) is 5.91 Å². The van der Waals surface area contributed by atoms with Gasteiger partial charge in [-0.3, -0.25) is 9.69 Å². The third kappa shape index (κ3) is 4.91. The first-order valence-corrected chi connectivity index (χ1v) is 9.56. The normalized spacial score (nSPS) is 29.1. The largest absolute Gasteiger partial charge is 0.379 e. The number of amides is 1. The van der Waals surface area contributed by atoms with E-state index in [4.69, 9.17) is 4.74 Å². The molecule has 0 aromatic carbocycles. The molecule has 1 atom stereocenters. The fraction of sp³-hybridized carbons (Fsp3) is 0.944. The van der Waals surface area contributed by atoms with E-state index in [2.05, 4.69) is 15.5 Å². The van der Waals surface area contributed by atoms with Crippen molar-refractivity contribution in [1.82, 2.24) is 15.5 Å². The lowest BCUT2D eigenvalue weighted by molar-refractivity contribution is -0.126. The van der Waals surface area contributed by atoms with Crippen LogP contribution in [0.3, 0.4) is 0 Å². The zero-order valence-corrected chi connectivity index (χ0v) is 14.4. The number of carbonyl (C=O) groups is 1. The molecule has 5 heteroatoms. The Labute approximate surface area is 140 Å². The third-order valence-electron chi connectivity index (χ3n) is 5.88. The van der Waals surface area contributed by atoms with E-state index >= 15 is 0 Å². The van der Waals surface area contributed by atoms with E-state index in [0.29, 0.717) is 0 Å². The van der Waals surface area contributed by atoms with Gasteiger partial charge in [0.1, 0.15) is 0 Å². The summed E-state index contributed by atoms with van der Waals surface area (Å²) in [5.74, 6) is 0.442. The average Bonchev–Trinajstić information content (AvgIpc) is 2.62. The monoisotopic (exact) mass is 323 g/mol. The summed E-state index contributed by atoms with van der Waals surface area (Å²) in [4.78, 5) is 15.0. The topological polar surface area (TPSA) is 53.6 Å². The van der Waals surface area contributed by atoms with Crippen LogP contribution in [0.25, 0.3) is 0 Å². The average molecular weight is 323 g/mol. The number of nitrogens with zero attached hydrogens (tertiary/aromatic N) is 1. The highest BCUT2D eigenvalue weighted by molar-refractivity contribution is 5.79. The van der Waals surface area contributed by atoms with E-state index in [9.17, 15) is 4.79 Å². The first-order valence-electron chi connectivity index (χ1n) is 9.56. The molecule has 1 aliphatic carbocycles. The molecule has 2 N–H and O–H groups in total. The second-order valence-corrected chi connectivity index (χ2v) is 7.71. The molecule has 1 amide bonds. The van der Waals surface area contributed by atoms with E-state index < -0.39 is 0 Å². The van der Waals surface area contributed by atoms with Gasteiger partial charge in [-0.05, 0) is 32.2 Å². The van der Waals surface area contributed by atoms with Crippen LogP contribution < -0.4 is 10.6 Å². The Kier molecular flexibility index (Phi) is 6.31. The number of morpholine rings is 1. The maximum atomic E-state index is 12.5. The summed E-state index contributed by atoms with van der Waals surface area (Å²) in [6.45, 7) is 7.70. The van der Waals surface area contributed by atoms with Crippen molar-refractivity contribution in [2.24, 2.45) is 11.3 Å². The molecule has 2 saturated heterocycles. The summed E-state index contributed by atoms with van der Waals surface area (Å²) < 4.78 is 5.48. The Hall–Kier alpha value is -0.650. The molecule has 0 spiro atoms. The fourth-order valence-corrected chi connectivity index (χ4v) is 4.42. The Morgan fingerprint density at radius 1 is 1.17 bits per heavy atom. The second-order valence-electron chi connectivity index (χ2n) is 7.71. The smallest absolute Gasteiger partial charge is 0.224 e. The van der Waals surface area contributed by atoms with Gasteiger partial charge >= 0.3 is 0 Å². The van der Waals surface area contributed by atoms with E-state index in [1.165, 1.54) is 32.1 Å². The Morgan fingerprint density at radius 2 is 1.96 bits per heavy atom. The standard InChI is InChI=1S/C18H33N3O2/c22-17(16-5-4-8-19-13-16)20-14-18(6-2-1-3-7-18)15-21-9-11-23-12-10-21/h16,19H,1-15H2,(H,20,22). The van der Waals surface area contributed by atoms with Gasteiger partial charge in [0.05, 0.1) is 19.1 Å². The highest BCUT2D eigenvalue weighted by atomic mass is 16.5. The first-order chi connectivity index (χ1) is 11.3. The highest BCUT2D eigenvalue weighted by Crippen LogP contribution is 2.37. The van der Waals surface area contributed by atoms with Crippen molar-refractivity contribution < 1.29 is 9.53 Å². The molecule has 1 saturated carbocycles. The molecule has 2 aliphatic heterocycles. The SMILES string of the molecule is O=C(NCC1(CN2CCOCC2)CCCCC1)C1CCCNC1. The van der Waals surface area contributed by atoms with Gasteiger partial charge in [0.15, 0.2) is 0 Å². The van der Waals surface area contributed by atoms with Crippen LogP contribution in [0.4, 0.5) is 0 Å². The van der Waals surface area contributed by atoms with Gasteiger partial charge in [0, 0.05) is 38.1 Å². The molecule has 5 nitrogen and oxygen atoms in total. The van der Waals surface area contributed by atoms with Gasteiger partial charge in [-0.2, -0.15) is 0 Å². The molecule has 0 radical (unpaired) electrons. The summed E-state index contributed by atoms with van der Waals surface area (Å²) in [6, 6.07) is 0. The summed E-state index contributed by atoms with van der Waals surface area (Å²) in [5.41, 5.74) is 0.285. The quantitative estimate of drug-likeness (QED) is 0.803. The number of piperidine rings is 1. The number of rotatable bonds is 5. The fourth-order valence-electron chi connectivity index (χ4n) is 4.42. The minimum Gasteiger partial charge on any atom is -0.379 e. The summed E-state index contributed by atoms with van der Waals surface area (Å²) in [6.07, 6.45) is 8.65. The molecule has 1 unspecified atom stereocenters. The number of nitrogens with one attached hydrogen (secondary N) is 2. The highest BCUT2D eigenvalue weighted by Gasteiger charge is 2.35. The molecule has 3 rings (SSSR count). The zero-order chi connectivity index (χ0) is 16.0. The summed E-state index contributed by atoms with van der Waals surface area (Å²) >= 11 is 0. The second kappa shape index (κ2) is 8.45. The van der Waals surface area contributed by atoms with Crippen LogP contribution >= 0.6 is 0 Å². The number of ether oxygens (including phenoxy) is 1. The lowest BCUT2D eigenvalue weighted by atomic mass is 9.73. The molecular weight excluding hydrogens is 290 g/mol. The molecule has 0 aromatic rings. The van der Waals surface area contributed by atoms with Crippen LogP contribution in [0.5, 0.6) is 0 Å². The van der Waals surface area contributed by atoms with Gasteiger partial charge in [-0.25, -0.2) is 0 Å².